The zero-order valence-electron chi connectivity index (χ0n) is 6.06. The van der Waals surface area contributed by atoms with Crippen molar-refractivity contribution in [1.82, 2.24) is 0 Å². The molecule has 1 rings (SSSR count). The van der Waals surface area contributed by atoms with Crippen LogP contribution in [-0.4, -0.2) is 22.8 Å². The van der Waals surface area contributed by atoms with Crippen LogP contribution in [0.5, 0.6) is 0 Å². The van der Waals surface area contributed by atoms with Gasteiger partial charge in [0.25, 0.3) is 5.92 Å². The molecular formula is C6H9F2NOS. The molecule has 0 spiro atoms. The maximum atomic E-state index is 12.4. The van der Waals surface area contributed by atoms with Gasteiger partial charge in [-0.25, -0.2) is 8.78 Å². The minimum absolute atomic E-state index is 0.406. The SMILES string of the molecule is CSC1(C(N)=O)CC(F)(F)C1. The number of carbonyl (C=O) groups excluding carboxylic acids is 1. The minimum atomic E-state index is -2.68. The third kappa shape index (κ3) is 1.34. The van der Waals surface area contributed by atoms with E-state index in [9.17, 15) is 13.6 Å². The van der Waals surface area contributed by atoms with Gasteiger partial charge < -0.3 is 5.73 Å². The number of hydrogen-bond acceptors (Lipinski definition) is 2. The molecule has 1 amide bonds. The summed E-state index contributed by atoms with van der Waals surface area (Å²) in [5.74, 6) is -3.31. The molecule has 2 nitrogen and oxygen atoms in total. The van der Waals surface area contributed by atoms with Crippen molar-refractivity contribution in [3.05, 3.63) is 0 Å². The first-order valence-electron chi connectivity index (χ1n) is 3.15. The molecule has 0 unspecified atom stereocenters. The van der Waals surface area contributed by atoms with Gasteiger partial charge in [0.2, 0.25) is 5.91 Å². The molecule has 0 aromatic rings. The van der Waals surface area contributed by atoms with E-state index < -0.39 is 29.4 Å². The van der Waals surface area contributed by atoms with Crippen LogP contribution in [0.25, 0.3) is 0 Å². The first-order valence-corrected chi connectivity index (χ1v) is 4.37. The molecule has 2 N–H and O–H groups in total. The summed E-state index contributed by atoms with van der Waals surface area (Å²) in [7, 11) is 0. The maximum Gasteiger partial charge on any atom is 0.251 e. The number of nitrogens with two attached hydrogens (primary N) is 1. The van der Waals surface area contributed by atoms with Crippen molar-refractivity contribution in [1.29, 1.82) is 0 Å². The van der Waals surface area contributed by atoms with Crippen LogP contribution < -0.4 is 5.73 Å². The molecule has 5 heteroatoms. The zero-order valence-corrected chi connectivity index (χ0v) is 6.88. The summed E-state index contributed by atoms with van der Waals surface area (Å²) in [4.78, 5) is 10.7. The van der Waals surface area contributed by atoms with E-state index in [1.807, 2.05) is 0 Å². The summed E-state index contributed by atoms with van der Waals surface area (Å²) in [6.07, 6.45) is 0.812. The van der Waals surface area contributed by atoms with Crippen molar-refractivity contribution in [3.8, 4) is 0 Å². The second-order valence-electron chi connectivity index (χ2n) is 2.77. The van der Waals surface area contributed by atoms with Gasteiger partial charge in [0.05, 0.1) is 0 Å². The average molecular weight is 181 g/mol. The average Bonchev–Trinajstić information content (AvgIpc) is 1.81. The highest BCUT2D eigenvalue weighted by Crippen LogP contribution is 2.52. The smallest absolute Gasteiger partial charge is 0.251 e. The molecule has 1 fully saturated rings. The summed E-state index contributed by atoms with van der Waals surface area (Å²) in [6.45, 7) is 0. The molecule has 11 heavy (non-hydrogen) atoms. The summed E-state index contributed by atoms with van der Waals surface area (Å²) in [5, 5.41) is 0. The first-order chi connectivity index (χ1) is 4.92. The van der Waals surface area contributed by atoms with E-state index in [4.69, 9.17) is 5.73 Å². The standard InChI is InChI=1S/C6H9F2NOS/c1-11-5(4(9)10)2-6(7,8)3-5/h2-3H2,1H3,(H2,9,10). The summed E-state index contributed by atoms with van der Waals surface area (Å²) < 4.78 is 23.7. The van der Waals surface area contributed by atoms with Crippen LogP contribution in [0.3, 0.4) is 0 Å². The number of primary amides is 1. The van der Waals surface area contributed by atoms with Crippen molar-refractivity contribution in [3.63, 3.8) is 0 Å². The van der Waals surface area contributed by atoms with Gasteiger partial charge in [-0.15, -0.1) is 11.8 Å². The molecule has 1 aliphatic rings. The molecule has 0 atom stereocenters. The van der Waals surface area contributed by atoms with Crippen LogP contribution in [-0.2, 0) is 4.79 Å². The lowest BCUT2D eigenvalue weighted by molar-refractivity contribution is -0.140. The molecular weight excluding hydrogens is 172 g/mol. The number of alkyl halides is 2. The lowest BCUT2D eigenvalue weighted by Crippen LogP contribution is -2.57. The highest BCUT2D eigenvalue weighted by molar-refractivity contribution is 8.00. The third-order valence-corrected chi connectivity index (χ3v) is 3.20. The van der Waals surface area contributed by atoms with E-state index in [2.05, 4.69) is 0 Å². The van der Waals surface area contributed by atoms with Crippen LogP contribution in [0.15, 0.2) is 0 Å². The van der Waals surface area contributed by atoms with Crippen molar-refractivity contribution >= 4 is 17.7 Å². The number of rotatable bonds is 2. The van der Waals surface area contributed by atoms with Crippen LogP contribution in [0, 0.1) is 0 Å². The Balaban J connectivity index is 2.64. The predicted molar refractivity (Wildman–Crippen MR) is 39.6 cm³/mol. The molecule has 0 saturated heterocycles. The second-order valence-corrected chi connectivity index (χ2v) is 3.96. The topological polar surface area (TPSA) is 43.1 Å². The molecule has 1 aliphatic carbocycles. The second kappa shape index (κ2) is 2.33. The van der Waals surface area contributed by atoms with Crippen LogP contribution in [0.4, 0.5) is 8.78 Å². The van der Waals surface area contributed by atoms with Crippen LogP contribution in [0.2, 0.25) is 0 Å². The lowest BCUT2D eigenvalue weighted by atomic mass is 9.80. The largest absolute Gasteiger partial charge is 0.368 e. The normalized spacial score (nSPS) is 25.7. The monoisotopic (exact) mass is 181 g/mol. The van der Waals surface area contributed by atoms with E-state index in [-0.39, 0.29) is 0 Å². The fourth-order valence-electron chi connectivity index (χ4n) is 1.20. The first kappa shape index (κ1) is 8.77. The number of halogens is 2. The van der Waals surface area contributed by atoms with E-state index in [1.165, 1.54) is 0 Å². The summed E-state index contributed by atoms with van der Waals surface area (Å²) >= 11 is 1.11. The van der Waals surface area contributed by atoms with Gasteiger partial charge in [-0.05, 0) is 6.26 Å². The molecule has 0 aromatic heterocycles. The van der Waals surface area contributed by atoms with E-state index in [0.717, 1.165) is 11.8 Å². The molecule has 0 aromatic carbocycles. The molecule has 0 bridgehead atoms. The predicted octanol–water partition coefficient (Wildman–Crippen LogP) is 1.00. The zero-order chi connectivity index (χ0) is 8.70. The fraction of sp³-hybridized carbons (Fsp3) is 0.833. The number of carbonyl (C=O) groups is 1. The van der Waals surface area contributed by atoms with Gasteiger partial charge >= 0.3 is 0 Å². The number of amides is 1. The van der Waals surface area contributed by atoms with Crippen molar-refractivity contribution < 1.29 is 13.6 Å². The summed E-state index contributed by atoms with van der Waals surface area (Å²) in [6, 6.07) is 0. The van der Waals surface area contributed by atoms with Gasteiger partial charge in [0.15, 0.2) is 0 Å². The molecule has 1 saturated carbocycles. The van der Waals surface area contributed by atoms with Crippen LogP contribution >= 0.6 is 11.8 Å². The molecule has 0 heterocycles. The van der Waals surface area contributed by atoms with E-state index in [0.29, 0.717) is 0 Å². The Morgan fingerprint density at radius 2 is 2.00 bits per heavy atom. The number of hydrogen-bond donors (Lipinski definition) is 1. The quantitative estimate of drug-likeness (QED) is 0.690. The fourth-order valence-corrected chi connectivity index (χ4v) is 2.12. The van der Waals surface area contributed by atoms with E-state index >= 15 is 0 Å². The van der Waals surface area contributed by atoms with Crippen molar-refractivity contribution in [2.75, 3.05) is 6.26 Å². The Kier molecular flexibility index (Phi) is 1.86. The Morgan fingerprint density at radius 3 is 2.09 bits per heavy atom. The highest BCUT2D eigenvalue weighted by Gasteiger charge is 2.59. The Labute approximate surface area is 67.5 Å². The Hall–Kier alpha value is -0.320. The third-order valence-electron chi connectivity index (χ3n) is 1.93. The Morgan fingerprint density at radius 1 is 1.55 bits per heavy atom. The van der Waals surface area contributed by atoms with E-state index in [1.54, 1.807) is 6.26 Å². The molecule has 0 aliphatic heterocycles. The van der Waals surface area contributed by atoms with Gasteiger partial charge in [-0.1, -0.05) is 0 Å². The Bertz CT molecular complexity index is 187. The number of thioether (sulfide) groups is 1. The molecule has 64 valence electrons. The lowest BCUT2D eigenvalue weighted by Gasteiger charge is -2.43. The minimum Gasteiger partial charge on any atom is -0.368 e. The van der Waals surface area contributed by atoms with Gasteiger partial charge in [-0.3, -0.25) is 4.79 Å². The van der Waals surface area contributed by atoms with Crippen LogP contribution in [0.1, 0.15) is 12.8 Å². The van der Waals surface area contributed by atoms with Crippen molar-refractivity contribution in [2.45, 2.75) is 23.5 Å². The maximum absolute atomic E-state index is 12.4. The van der Waals surface area contributed by atoms with Crippen molar-refractivity contribution in [2.24, 2.45) is 5.73 Å². The van der Waals surface area contributed by atoms with Gasteiger partial charge in [0.1, 0.15) is 4.75 Å². The van der Waals surface area contributed by atoms with Gasteiger partial charge in [0, 0.05) is 12.8 Å². The summed E-state index contributed by atoms with van der Waals surface area (Å²) in [5.41, 5.74) is 4.97. The van der Waals surface area contributed by atoms with Gasteiger partial charge in [-0.2, -0.15) is 0 Å². The molecule has 0 radical (unpaired) electrons. The highest BCUT2D eigenvalue weighted by atomic mass is 32.2.